The summed E-state index contributed by atoms with van der Waals surface area (Å²) in [7, 11) is 1.10. The van der Waals surface area contributed by atoms with Crippen molar-refractivity contribution in [2.75, 3.05) is 13.7 Å². The van der Waals surface area contributed by atoms with Gasteiger partial charge in [-0.25, -0.2) is 4.79 Å². The van der Waals surface area contributed by atoms with Crippen LogP contribution in [0.5, 0.6) is 0 Å². The van der Waals surface area contributed by atoms with Gasteiger partial charge in [0.25, 0.3) is 0 Å². The number of carbonyl (C=O) groups is 1. The van der Waals surface area contributed by atoms with E-state index in [9.17, 15) is 0 Å². The van der Waals surface area contributed by atoms with Gasteiger partial charge < -0.3 is 15.6 Å². The molecule has 0 radical (unpaired) electrons. The van der Waals surface area contributed by atoms with Gasteiger partial charge in [0.15, 0.2) is 0 Å². The maximum Gasteiger partial charge on any atom is 0.505 e. The monoisotopic (exact) mass is 175 g/mol. The second-order valence-electron chi connectivity index (χ2n) is 2.45. The summed E-state index contributed by atoms with van der Waals surface area (Å²) >= 11 is 0. The summed E-state index contributed by atoms with van der Waals surface area (Å²) in [6, 6.07) is 0. The lowest BCUT2D eigenvalue weighted by Gasteiger charge is -1.94. The Labute approximate surface area is 73.0 Å². The van der Waals surface area contributed by atoms with Crippen LogP contribution in [-0.2, 0) is 4.74 Å². The van der Waals surface area contributed by atoms with Crippen LogP contribution in [-0.4, -0.2) is 24.9 Å². The van der Waals surface area contributed by atoms with Gasteiger partial charge in [-0.05, 0) is 20.8 Å². The Balaban J connectivity index is 0. The molecular weight excluding hydrogens is 158 g/mol. The normalized spacial score (nSPS) is 7.75. The molecule has 72 valence electrons. The Kier molecular flexibility index (Phi) is 9.11. The summed E-state index contributed by atoms with van der Waals surface area (Å²) in [5, 5.41) is 7.50. The molecule has 4 nitrogen and oxygen atoms in total. The first-order valence-corrected chi connectivity index (χ1v) is 3.55. The molecule has 0 saturated heterocycles. The molecule has 0 aromatic carbocycles. The Morgan fingerprint density at radius 2 is 1.75 bits per heavy atom. The molecule has 0 unspecified atom stereocenters. The molecule has 0 bridgehead atoms. The van der Waals surface area contributed by atoms with Gasteiger partial charge in [0.1, 0.15) is 0 Å². The summed E-state index contributed by atoms with van der Waals surface area (Å²) in [4.78, 5) is 9.15. The quantitative estimate of drug-likeness (QED) is 0.469. The van der Waals surface area contributed by atoms with Crippen LogP contribution < -0.4 is 5.73 Å². The lowest BCUT2D eigenvalue weighted by atomic mass is 10.2. The predicted octanol–water partition coefficient (Wildman–Crippen LogP) is 1.61. The van der Waals surface area contributed by atoms with Crippen molar-refractivity contribution in [3.05, 3.63) is 11.1 Å². The Morgan fingerprint density at radius 1 is 1.42 bits per heavy atom. The molecule has 0 spiro atoms. The van der Waals surface area contributed by atoms with Crippen molar-refractivity contribution in [1.82, 2.24) is 0 Å². The fourth-order valence-electron chi connectivity index (χ4n) is 0.204. The molecule has 0 amide bonds. The number of ether oxygens (including phenoxy) is 1. The van der Waals surface area contributed by atoms with Gasteiger partial charge in [0.2, 0.25) is 0 Å². The third-order valence-corrected chi connectivity index (χ3v) is 1.33. The van der Waals surface area contributed by atoms with Crippen LogP contribution in [0.25, 0.3) is 0 Å². The summed E-state index contributed by atoms with van der Waals surface area (Å²) in [5.74, 6) is 0. The van der Waals surface area contributed by atoms with E-state index in [1.165, 1.54) is 11.1 Å². The number of methoxy groups -OCH3 is 1. The van der Waals surface area contributed by atoms with E-state index in [2.05, 4.69) is 25.5 Å². The minimum atomic E-state index is -1.25. The third-order valence-electron chi connectivity index (χ3n) is 1.33. The molecule has 0 aromatic rings. The average molecular weight is 175 g/mol. The van der Waals surface area contributed by atoms with Crippen molar-refractivity contribution in [3.8, 4) is 0 Å². The highest BCUT2D eigenvalue weighted by molar-refractivity contribution is 5.56. The van der Waals surface area contributed by atoms with E-state index >= 15 is 0 Å². The van der Waals surface area contributed by atoms with E-state index in [1.807, 2.05) is 0 Å². The Morgan fingerprint density at radius 3 is 1.75 bits per heavy atom. The number of nitrogens with two attached hydrogens (primary N) is 1. The van der Waals surface area contributed by atoms with Crippen LogP contribution in [0, 0.1) is 0 Å². The SMILES string of the molecule is CC(C)=C(C)CN.COC(=O)O. The van der Waals surface area contributed by atoms with Gasteiger partial charge in [-0.1, -0.05) is 11.1 Å². The van der Waals surface area contributed by atoms with E-state index < -0.39 is 6.16 Å². The van der Waals surface area contributed by atoms with Crippen LogP contribution in [0.1, 0.15) is 20.8 Å². The summed E-state index contributed by atoms with van der Waals surface area (Å²) < 4.78 is 3.67. The molecule has 0 aromatic heterocycles. The van der Waals surface area contributed by atoms with Crippen molar-refractivity contribution >= 4 is 6.16 Å². The third kappa shape index (κ3) is 11.7. The second kappa shape index (κ2) is 8.07. The highest BCUT2D eigenvalue weighted by Crippen LogP contribution is 1.96. The first-order valence-electron chi connectivity index (χ1n) is 3.55. The van der Waals surface area contributed by atoms with Gasteiger partial charge in [-0.2, -0.15) is 0 Å². The fraction of sp³-hybridized carbons (Fsp3) is 0.625. The van der Waals surface area contributed by atoms with Crippen LogP contribution in [0.2, 0.25) is 0 Å². The maximum atomic E-state index is 9.15. The zero-order valence-corrected chi connectivity index (χ0v) is 8.05. The van der Waals surface area contributed by atoms with E-state index in [0.717, 1.165) is 7.11 Å². The molecule has 0 aliphatic rings. The molecule has 0 heterocycles. The average Bonchev–Trinajstić information content (AvgIpc) is 2.04. The predicted molar refractivity (Wildman–Crippen MR) is 48.1 cm³/mol. The van der Waals surface area contributed by atoms with Gasteiger partial charge in [0.05, 0.1) is 7.11 Å². The van der Waals surface area contributed by atoms with Crippen molar-refractivity contribution in [2.45, 2.75) is 20.8 Å². The molecule has 4 heteroatoms. The minimum Gasteiger partial charge on any atom is -0.450 e. The topological polar surface area (TPSA) is 72.5 Å². The van der Waals surface area contributed by atoms with Gasteiger partial charge >= 0.3 is 6.16 Å². The van der Waals surface area contributed by atoms with Crippen LogP contribution in [0.15, 0.2) is 11.1 Å². The van der Waals surface area contributed by atoms with Crippen molar-refractivity contribution < 1.29 is 14.6 Å². The molecular formula is C8H17NO3. The maximum absolute atomic E-state index is 9.15. The summed E-state index contributed by atoms with van der Waals surface area (Å²) in [6.07, 6.45) is -1.25. The smallest absolute Gasteiger partial charge is 0.450 e. The molecule has 0 aliphatic carbocycles. The molecule has 0 saturated carbocycles. The Hall–Kier alpha value is -1.03. The van der Waals surface area contributed by atoms with E-state index in [0.29, 0.717) is 6.54 Å². The number of hydrogen-bond acceptors (Lipinski definition) is 3. The number of allylic oxidation sites excluding steroid dienone is 1. The first kappa shape index (κ1) is 13.6. The van der Waals surface area contributed by atoms with Gasteiger partial charge in [0, 0.05) is 6.54 Å². The van der Waals surface area contributed by atoms with Crippen LogP contribution in [0.3, 0.4) is 0 Å². The van der Waals surface area contributed by atoms with Crippen LogP contribution in [0.4, 0.5) is 4.79 Å². The summed E-state index contributed by atoms with van der Waals surface area (Å²) in [5.41, 5.74) is 7.94. The lowest BCUT2D eigenvalue weighted by Crippen LogP contribution is -2.00. The first-order chi connectivity index (χ1) is 5.45. The van der Waals surface area contributed by atoms with Crippen molar-refractivity contribution in [2.24, 2.45) is 5.73 Å². The van der Waals surface area contributed by atoms with E-state index in [4.69, 9.17) is 15.6 Å². The molecule has 0 rings (SSSR count). The summed E-state index contributed by atoms with van der Waals surface area (Å²) in [6.45, 7) is 6.89. The molecule has 0 aliphatic heterocycles. The number of rotatable bonds is 1. The molecule has 3 N–H and O–H groups in total. The molecule has 0 fully saturated rings. The van der Waals surface area contributed by atoms with Gasteiger partial charge in [-0.3, -0.25) is 0 Å². The van der Waals surface area contributed by atoms with E-state index in [-0.39, 0.29) is 0 Å². The second-order valence-corrected chi connectivity index (χ2v) is 2.45. The lowest BCUT2D eigenvalue weighted by molar-refractivity contribution is 0.114. The fourth-order valence-corrected chi connectivity index (χ4v) is 0.204. The standard InChI is InChI=1S/C6H13N.C2H4O3/c1-5(2)6(3)4-7;1-5-2(3)4/h4,7H2,1-3H3;1H3,(H,3,4). The zero-order valence-electron chi connectivity index (χ0n) is 8.05. The largest absolute Gasteiger partial charge is 0.505 e. The highest BCUT2D eigenvalue weighted by atomic mass is 16.6. The van der Waals surface area contributed by atoms with Crippen LogP contribution >= 0.6 is 0 Å². The van der Waals surface area contributed by atoms with Crippen molar-refractivity contribution in [1.29, 1.82) is 0 Å². The highest BCUT2D eigenvalue weighted by Gasteiger charge is 1.83. The minimum absolute atomic E-state index is 0.697. The van der Waals surface area contributed by atoms with E-state index in [1.54, 1.807) is 0 Å². The molecule has 12 heavy (non-hydrogen) atoms. The number of hydrogen-bond donors (Lipinski definition) is 2. The zero-order chi connectivity index (χ0) is 10.1. The number of carboxylic acid groups (broad SMARTS) is 1. The van der Waals surface area contributed by atoms with Crippen molar-refractivity contribution in [3.63, 3.8) is 0 Å². The Bertz CT molecular complexity index is 160. The molecule has 0 atom stereocenters. The van der Waals surface area contributed by atoms with Gasteiger partial charge in [-0.15, -0.1) is 0 Å².